The number of hydrogen-bond donors (Lipinski definition) is 1. The molecule has 0 fully saturated rings. The Morgan fingerprint density at radius 2 is 1.52 bits per heavy atom. The molecule has 0 bridgehead atoms. The highest BCUT2D eigenvalue weighted by atomic mass is 35.5. The second-order valence-corrected chi connectivity index (χ2v) is 11.0. The van der Waals surface area contributed by atoms with E-state index in [-0.39, 0.29) is 16.3 Å². The summed E-state index contributed by atoms with van der Waals surface area (Å²) in [6.45, 7) is 3.43. The second-order valence-electron chi connectivity index (χ2n) is 8.67. The first-order chi connectivity index (χ1) is 19.2. The Bertz CT molecular complexity index is 1590. The summed E-state index contributed by atoms with van der Waals surface area (Å²) in [7, 11) is -2.63. The molecule has 4 aromatic carbocycles. The highest BCUT2D eigenvalue weighted by molar-refractivity contribution is 7.92. The van der Waals surface area contributed by atoms with Crippen molar-refractivity contribution in [3.63, 3.8) is 0 Å². The smallest absolute Gasteiger partial charge is 0.264 e. The molecule has 40 heavy (non-hydrogen) atoms. The quantitative estimate of drug-likeness (QED) is 0.213. The molecule has 1 N–H and O–H groups in total. The molecular weight excluding hydrogens is 552 g/mol. The molecule has 0 radical (unpaired) electrons. The molecule has 0 aliphatic heterocycles. The maximum absolute atomic E-state index is 13.9. The van der Waals surface area contributed by atoms with Crippen LogP contribution in [0.25, 0.3) is 0 Å². The van der Waals surface area contributed by atoms with Crippen molar-refractivity contribution in [2.75, 3.05) is 29.9 Å². The second kappa shape index (κ2) is 12.8. The van der Waals surface area contributed by atoms with E-state index in [0.29, 0.717) is 34.6 Å². The number of amides is 1. The van der Waals surface area contributed by atoms with Gasteiger partial charge in [0.25, 0.3) is 10.0 Å². The molecular formula is C30H29ClN2O6S. The summed E-state index contributed by atoms with van der Waals surface area (Å²) in [6, 6.07) is 24.9. The Morgan fingerprint density at radius 3 is 2.20 bits per heavy atom. The van der Waals surface area contributed by atoms with Crippen molar-refractivity contribution in [2.24, 2.45) is 0 Å². The van der Waals surface area contributed by atoms with Gasteiger partial charge in [-0.15, -0.1) is 0 Å². The van der Waals surface area contributed by atoms with Gasteiger partial charge in [-0.25, -0.2) is 8.42 Å². The molecule has 4 aromatic rings. The first kappa shape index (κ1) is 28.8. The minimum absolute atomic E-state index is 0.0418. The fraction of sp³-hybridized carbons (Fsp3) is 0.167. The average Bonchev–Trinajstić information content (AvgIpc) is 2.94. The highest BCUT2D eigenvalue weighted by Gasteiger charge is 2.30. The standard InChI is InChI=1S/C30H29ClN2O6S/c1-4-38-27-10-6-5-9-25(27)33(40(35,36)23-16-13-21(2)14-17-23)20-30(34)32-24-19-22(31)15-18-26(24)39-29-12-8-7-11-28(29)37-3/h5-19H,4,20H2,1-3H3,(H,32,34). The maximum atomic E-state index is 13.9. The summed E-state index contributed by atoms with van der Waals surface area (Å²) in [6.07, 6.45) is 0. The average molecular weight is 581 g/mol. The van der Waals surface area contributed by atoms with Gasteiger partial charge in [0.15, 0.2) is 17.2 Å². The van der Waals surface area contributed by atoms with Gasteiger partial charge in [-0.05, 0) is 68.4 Å². The van der Waals surface area contributed by atoms with E-state index in [1.54, 1.807) is 79.7 Å². The Kier molecular flexibility index (Phi) is 9.19. The number of para-hydroxylation sites is 4. The number of benzene rings is 4. The lowest BCUT2D eigenvalue weighted by Crippen LogP contribution is -2.38. The first-order valence-corrected chi connectivity index (χ1v) is 14.3. The third kappa shape index (κ3) is 6.67. The van der Waals surface area contributed by atoms with Crippen molar-refractivity contribution in [1.82, 2.24) is 0 Å². The molecule has 0 saturated heterocycles. The molecule has 0 heterocycles. The molecule has 0 aromatic heterocycles. The van der Waals surface area contributed by atoms with E-state index in [4.69, 9.17) is 25.8 Å². The number of halogens is 1. The molecule has 0 unspecified atom stereocenters. The lowest BCUT2D eigenvalue weighted by molar-refractivity contribution is -0.114. The van der Waals surface area contributed by atoms with Crippen LogP contribution in [0.3, 0.4) is 0 Å². The number of carbonyl (C=O) groups excluding carboxylic acids is 1. The van der Waals surface area contributed by atoms with Gasteiger partial charge in [0.1, 0.15) is 12.3 Å². The Labute approximate surface area is 239 Å². The van der Waals surface area contributed by atoms with Crippen LogP contribution in [-0.2, 0) is 14.8 Å². The van der Waals surface area contributed by atoms with Gasteiger partial charge in [-0.1, -0.05) is 53.6 Å². The molecule has 0 saturated carbocycles. The molecule has 0 aliphatic rings. The van der Waals surface area contributed by atoms with Crippen LogP contribution in [0.2, 0.25) is 5.02 Å². The zero-order valence-corrected chi connectivity index (χ0v) is 23.8. The molecule has 208 valence electrons. The van der Waals surface area contributed by atoms with E-state index in [0.717, 1.165) is 9.87 Å². The van der Waals surface area contributed by atoms with Crippen LogP contribution in [0.4, 0.5) is 11.4 Å². The van der Waals surface area contributed by atoms with Crippen LogP contribution >= 0.6 is 11.6 Å². The molecule has 1 amide bonds. The SMILES string of the molecule is CCOc1ccccc1N(CC(=O)Nc1cc(Cl)ccc1Oc1ccccc1OC)S(=O)(=O)c1ccc(C)cc1. The van der Waals surface area contributed by atoms with Crippen LogP contribution in [-0.4, -0.2) is 34.6 Å². The van der Waals surface area contributed by atoms with E-state index in [1.807, 2.05) is 6.92 Å². The van der Waals surface area contributed by atoms with Gasteiger partial charge >= 0.3 is 0 Å². The van der Waals surface area contributed by atoms with E-state index in [9.17, 15) is 13.2 Å². The van der Waals surface area contributed by atoms with Crippen molar-refractivity contribution in [3.8, 4) is 23.0 Å². The van der Waals surface area contributed by atoms with Crippen molar-refractivity contribution in [1.29, 1.82) is 0 Å². The summed E-state index contributed by atoms with van der Waals surface area (Å²) in [5.74, 6) is 0.935. The molecule has 8 nitrogen and oxygen atoms in total. The van der Waals surface area contributed by atoms with Crippen molar-refractivity contribution in [2.45, 2.75) is 18.7 Å². The number of rotatable bonds is 11. The molecule has 0 spiro atoms. The number of nitrogens with zero attached hydrogens (tertiary/aromatic N) is 1. The summed E-state index contributed by atoms with van der Waals surface area (Å²) in [5.41, 5.74) is 1.40. The van der Waals surface area contributed by atoms with E-state index in [1.165, 1.54) is 25.3 Å². The van der Waals surface area contributed by atoms with Gasteiger partial charge in [0.05, 0.1) is 30.0 Å². The van der Waals surface area contributed by atoms with Crippen LogP contribution in [0.1, 0.15) is 12.5 Å². The van der Waals surface area contributed by atoms with E-state index >= 15 is 0 Å². The summed E-state index contributed by atoms with van der Waals surface area (Å²) in [5, 5.41) is 3.11. The molecule has 0 aliphatic carbocycles. The van der Waals surface area contributed by atoms with Gasteiger partial charge in [-0.3, -0.25) is 9.10 Å². The maximum Gasteiger partial charge on any atom is 0.264 e. The normalized spacial score (nSPS) is 11.0. The van der Waals surface area contributed by atoms with Crippen LogP contribution in [0.5, 0.6) is 23.0 Å². The number of carbonyl (C=O) groups is 1. The zero-order valence-electron chi connectivity index (χ0n) is 22.3. The Balaban J connectivity index is 1.69. The number of methoxy groups -OCH3 is 1. The van der Waals surface area contributed by atoms with Crippen LogP contribution < -0.4 is 23.8 Å². The summed E-state index contributed by atoms with van der Waals surface area (Å²) in [4.78, 5) is 13.5. The third-order valence-electron chi connectivity index (χ3n) is 5.83. The fourth-order valence-corrected chi connectivity index (χ4v) is 5.51. The summed E-state index contributed by atoms with van der Waals surface area (Å²) < 4.78 is 45.8. The van der Waals surface area contributed by atoms with Crippen LogP contribution in [0.15, 0.2) is 95.9 Å². The van der Waals surface area contributed by atoms with Crippen LogP contribution in [0, 0.1) is 6.92 Å². The van der Waals surface area contributed by atoms with Crippen molar-refractivity contribution in [3.05, 3.63) is 102 Å². The molecule has 0 atom stereocenters. The van der Waals surface area contributed by atoms with E-state index < -0.39 is 22.5 Å². The number of anilines is 2. The van der Waals surface area contributed by atoms with Gasteiger partial charge in [0, 0.05) is 5.02 Å². The lowest BCUT2D eigenvalue weighted by atomic mass is 10.2. The van der Waals surface area contributed by atoms with Crippen molar-refractivity contribution < 1.29 is 27.4 Å². The Hall–Kier alpha value is -4.21. The molecule has 4 rings (SSSR count). The topological polar surface area (TPSA) is 94.2 Å². The number of nitrogens with one attached hydrogen (secondary N) is 1. The predicted molar refractivity (Wildman–Crippen MR) is 156 cm³/mol. The number of sulfonamides is 1. The lowest BCUT2D eigenvalue weighted by Gasteiger charge is -2.26. The Morgan fingerprint density at radius 1 is 0.875 bits per heavy atom. The van der Waals surface area contributed by atoms with Gasteiger partial charge in [-0.2, -0.15) is 0 Å². The van der Waals surface area contributed by atoms with E-state index in [2.05, 4.69) is 5.32 Å². The van der Waals surface area contributed by atoms with Gasteiger partial charge in [0.2, 0.25) is 5.91 Å². The number of aryl methyl sites for hydroxylation is 1. The summed E-state index contributed by atoms with van der Waals surface area (Å²) >= 11 is 6.23. The third-order valence-corrected chi connectivity index (χ3v) is 7.84. The highest BCUT2D eigenvalue weighted by Crippen LogP contribution is 2.37. The fourth-order valence-electron chi connectivity index (χ4n) is 3.91. The van der Waals surface area contributed by atoms with Gasteiger partial charge < -0.3 is 19.5 Å². The minimum Gasteiger partial charge on any atom is -0.493 e. The predicted octanol–water partition coefficient (Wildman–Crippen LogP) is 6.68. The monoisotopic (exact) mass is 580 g/mol. The number of ether oxygens (including phenoxy) is 3. The number of hydrogen-bond acceptors (Lipinski definition) is 6. The molecule has 10 heteroatoms. The minimum atomic E-state index is -4.16. The largest absolute Gasteiger partial charge is 0.493 e. The first-order valence-electron chi connectivity index (χ1n) is 12.4. The van der Waals surface area contributed by atoms with Crippen molar-refractivity contribution >= 4 is 38.9 Å². The zero-order chi connectivity index (χ0) is 28.7.